The van der Waals surface area contributed by atoms with Crippen LogP contribution in [0.5, 0.6) is 5.75 Å². The second-order valence-corrected chi connectivity index (χ2v) is 6.71. The van der Waals surface area contributed by atoms with E-state index in [-0.39, 0.29) is 24.9 Å². The Morgan fingerprint density at radius 2 is 1.70 bits per heavy atom. The van der Waals surface area contributed by atoms with E-state index in [4.69, 9.17) is 16.3 Å². The Kier molecular flexibility index (Phi) is 7.64. The van der Waals surface area contributed by atoms with E-state index in [2.05, 4.69) is 5.32 Å². The molecule has 0 bridgehead atoms. The highest BCUT2D eigenvalue weighted by Crippen LogP contribution is 2.20. The predicted octanol–water partition coefficient (Wildman–Crippen LogP) is 2.88. The fraction of sp³-hybridized carbons (Fsp3) is 0.300. The van der Waals surface area contributed by atoms with Crippen LogP contribution in [-0.4, -0.2) is 55.9 Å². The first-order chi connectivity index (χ1) is 12.9. The van der Waals surface area contributed by atoms with E-state index in [1.165, 1.54) is 0 Å². The van der Waals surface area contributed by atoms with Crippen LogP contribution in [0.25, 0.3) is 0 Å². The van der Waals surface area contributed by atoms with Gasteiger partial charge in [-0.3, -0.25) is 14.5 Å². The fourth-order valence-electron chi connectivity index (χ4n) is 2.50. The number of hydrogen-bond acceptors (Lipinski definition) is 4. The first-order valence-electron chi connectivity index (χ1n) is 8.49. The van der Waals surface area contributed by atoms with Gasteiger partial charge >= 0.3 is 0 Å². The number of halogens is 1. The number of para-hydroxylation sites is 1. The molecule has 144 valence electrons. The van der Waals surface area contributed by atoms with E-state index >= 15 is 0 Å². The van der Waals surface area contributed by atoms with Crippen molar-refractivity contribution in [1.82, 2.24) is 9.80 Å². The summed E-state index contributed by atoms with van der Waals surface area (Å²) in [5.74, 6) is 0.479. The number of ether oxygens (including phenoxy) is 1. The molecule has 2 rings (SSSR count). The van der Waals surface area contributed by atoms with E-state index in [0.717, 1.165) is 11.3 Å². The summed E-state index contributed by atoms with van der Waals surface area (Å²) in [6.45, 7) is 0.721. The molecule has 0 aliphatic rings. The van der Waals surface area contributed by atoms with Crippen molar-refractivity contribution < 1.29 is 14.3 Å². The first kappa shape index (κ1) is 20.7. The number of rotatable bonds is 8. The van der Waals surface area contributed by atoms with Crippen LogP contribution in [0.2, 0.25) is 5.02 Å². The van der Waals surface area contributed by atoms with Crippen LogP contribution < -0.4 is 10.1 Å². The second kappa shape index (κ2) is 9.94. The van der Waals surface area contributed by atoms with Crippen LogP contribution in [-0.2, 0) is 16.1 Å². The number of nitrogens with one attached hydrogen (secondary N) is 1. The van der Waals surface area contributed by atoms with Crippen molar-refractivity contribution in [3.63, 3.8) is 0 Å². The summed E-state index contributed by atoms with van der Waals surface area (Å²) in [6.07, 6.45) is 0. The number of carbonyl (C=O) groups excluding carboxylic acids is 2. The molecule has 2 amide bonds. The van der Waals surface area contributed by atoms with Crippen LogP contribution in [0.1, 0.15) is 5.56 Å². The van der Waals surface area contributed by atoms with Gasteiger partial charge in [-0.1, -0.05) is 35.9 Å². The van der Waals surface area contributed by atoms with Crippen molar-refractivity contribution in [3.05, 3.63) is 59.1 Å². The Balaban J connectivity index is 1.81. The maximum atomic E-state index is 12.4. The summed E-state index contributed by atoms with van der Waals surface area (Å²) >= 11 is 6.03. The number of carbonyl (C=O) groups is 2. The first-order valence-corrected chi connectivity index (χ1v) is 8.86. The van der Waals surface area contributed by atoms with Gasteiger partial charge in [0.25, 0.3) is 0 Å². The molecule has 2 aromatic carbocycles. The average molecular weight is 390 g/mol. The number of anilines is 1. The molecule has 27 heavy (non-hydrogen) atoms. The number of methoxy groups -OCH3 is 1. The largest absolute Gasteiger partial charge is 0.497 e. The normalized spacial score (nSPS) is 10.6. The molecular formula is C20H24ClN3O3. The van der Waals surface area contributed by atoms with Gasteiger partial charge in [-0.15, -0.1) is 0 Å². The number of likely N-dealkylation sites (N-methyl/N-ethyl adjacent to an activating group) is 2. The maximum absolute atomic E-state index is 12.4. The third kappa shape index (κ3) is 6.58. The minimum Gasteiger partial charge on any atom is -0.497 e. The topological polar surface area (TPSA) is 61.9 Å². The van der Waals surface area contributed by atoms with Crippen LogP contribution in [0, 0.1) is 0 Å². The Hall–Kier alpha value is -2.57. The third-order valence-corrected chi connectivity index (χ3v) is 4.30. The SMILES string of the molecule is COc1ccc(CN(C)C(=O)CN(C)CC(=O)Nc2ccccc2Cl)cc1. The van der Waals surface area contributed by atoms with Gasteiger partial charge in [-0.05, 0) is 36.9 Å². The lowest BCUT2D eigenvalue weighted by atomic mass is 10.2. The van der Waals surface area contributed by atoms with Crippen molar-refractivity contribution in [1.29, 1.82) is 0 Å². The molecule has 0 unspecified atom stereocenters. The summed E-state index contributed by atoms with van der Waals surface area (Å²) in [5, 5.41) is 3.22. The number of amides is 2. The third-order valence-electron chi connectivity index (χ3n) is 3.97. The van der Waals surface area contributed by atoms with Crippen LogP contribution in [0.4, 0.5) is 5.69 Å². The molecule has 2 aromatic rings. The van der Waals surface area contributed by atoms with Gasteiger partial charge in [0.2, 0.25) is 11.8 Å². The van der Waals surface area contributed by atoms with Gasteiger partial charge in [0.15, 0.2) is 0 Å². The molecule has 0 heterocycles. The van der Waals surface area contributed by atoms with Crippen molar-refractivity contribution in [2.24, 2.45) is 0 Å². The monoisotopic (exact) mass is 389 g/mol. The van der Waals surface area contributed by atoms with E-state index in [1.807, 2.05) is 24.3 Å². The molecule has 7 heteroatoms. The Morgan fingerprint density at radius 1 is 1.04 bits per heavy atom. The van der Waals surface area contributed by atoms with E-state index in [1.54, 1.807) is 55.3 Å². The second-order valence-electron chi connectivity index (χ2n) is 6.30. The van der Waals surface area contributed by atoms with Crippen LogP contribution in [0.3, 0.4) is 0 Å². The van der Waals surface area contributed by atoms with Crippen LogP contribution >= 0.6 is 11.6 Å². The van der Waals surface area contributed by atoms with Crippen molar-refractivity contribution >= 4 is 29.1 Å². The quantitative estimate of drug-likeness (QED) is 0.754. The maximum Gasteiger partial charge on any atom is 0.238 e. The highest BCUT2D eigenvalue weighted by molar-refractivity contribution is 6.33. The van der Waals surface area contributed by atoms with Crippen molar-refractivity contribution in [2.45, 2.75) is 6.54 Å². The summed E-state index contributed by atoms with van der Waals surface area (Å²) in [4.78, 5) is 27.8. The van der Waals surface area contributed by atoms with Gasteiger partial charge in [0.1, 0.15) is 5.75 Å². The fourth-order valence-corrected chi connectivity index (χ4v) is 2.68. The predicted molar refractivity (Wildman–Crippen MR) is 107 cm³/mol. The van der Waals surface area contributed by atoms with Crippen molar-refractivity contribution in [3.8, 4) is 5.75 Å². The molecule has 6 nitrogen and oxygen atoms in total. The Morgan fingerprint density at radius 3 is 2.33 bits per heavy atom. The van der Waals surface area contributed by atoms with Gasteiger partial charge < -0.3 is 15.0 Å². The van der Waals surface area contributed by atoms with Crippen LogP contribution in [0.15, 0.2) is 48.5 Å². The molecule has 0 fully saturated rings. The Labute approximate surface area is 164 Å². The lowest BCUT2D eigenvalue weighted by Gasteiger charge is -2.22. The minimum absolute atomic E-state index is 0.0705. The molecule has 0 saturated carbocycles. The zero-order chi connectivity index (χ0) is 19.8. The number of hydrogen-bond donors (Lipinski definition) is 1. The average Bonchev–Trinajstić information content (AvgIpc) is 2.64. The van der Waals surface area contributed by atoms with Gasteiger partial charge in [-0.2, -0.15) is 0 Å². The lowest BCUT2D eigenvalue weighted by Crippen LogP contribution is -2.39. The molecule has 0 spiro atoms. The zero-order valence-corrected chi connectivity index (χ0v) is 16.5. The lowest BCUT2D eigenvalue weighted by molar-refractivity contribution is -0.131. The summed E-state index contributed by atoms with van der Waals surface area (Å²) in [6, 6.07) is 14.6. The molecule has 0 aliphatic carbocycles. The van der Waals surface area contributed by atoms with Gasteiger partial charge in [0, 0.05) is 13.6 Å². The highest BCUT2D eigenvalue weighted by Gasteiger charge is 2.15. The summed E-state index contributed by atoms with van der Waals surface area (Å²) in [7, 11) is 5.08. The van der Waals surface area contributed by atoms with E-state index in [0.29, 0.717) is 17.3 Å². The molecule has 0 aliphatic heterocycles. The minimum atomic E-state index is -0.226. The molecule has 0 aromatic heterocycles. The molecular weight excluding hydrogens is 366 g/mol. The molecule has 0 saturated heterocycles. The van der Waals surface area contributed by atoms with Gasteiger partial charge in [0.05, 0.1) is 30.9 Å². The highest BCUT2D eigenvalue weighted by atomic mass is 35.5. The molecule has 1 N–H and O–H groups in total. The van der Waals surface area contributed by atoms with E-state index in [9.17, 15) is 9.59 Å². The van der Waals surface area contributed by atoms with E-state index < -0.39 is 0 Å². The van der Waals surface area contributed by atoms with Gasteiger partial charge in [-0.25, -0.2) is 0 Å². The standard InChI is InChI=1S/C20H24ClN3O3/c1-23(13-19(25)22-18-7-5-4-6-17(18)21)14-20(26)24(2)12-15-8-10-16(27-3)11-9-15/h4-11H,12-14H2,1-3H3,(H,22,25). The summed E-state index contributed by atoms with van der Waals surface area (Å²) < 4.78 is 5.13. The van der Waals surface area contributed by atoms with Crippen molar-refractivity contribution in [2.75, 3.05) is 39.6 Å². The smallest absolute Gasteiger partial charge is 0.238 e. The zero-order valence-electron chi connectivity index (χ0n) is 15.7. The number of benzene rings is 2. The summed E-state index contributed by atoms with van der Waals surface area (Å²) in [5.41, 5.74) is 1.56. The molecule has 0 radical (unpaired) electrons. The Bertz CT molecular complexity index is 780. The number of nitrogens with zero attached hydrogens (tertiary/aromatic N) is 2. The molecule has 0 atom stereocenters.